The van der Waals surface area contributed by atoms with Crippen molar-refractivity contribution in [1.82, 2.24) is 0 Å². The Bertz CT molecular complexity index is 488. The molecule has 0 aromatic heterocycles. The second-order valence-electron chi connectivity index (χ2n) is 5.00. The highest BCUT2D eigenvalue weighted by Gasteiger charge is 2.22. The molecule has 0 spiro atoms. The predicted molar refractivity (Wildman–Crippen MR) is 85.9 cm³/mol. The van der Waals surface area contributed by atoms with Crippen LogP contribution < -0.4 is 5.19 Å². The normalized spacial score (nSPS) is 12.5. The number of hydrogen-bond donors (Lipinski definition) is 0. The first-order chi connectivity index (χ1) is 9.96. The van der Waals surface area contributed by atoms with Crippen molar-refractivity contribution < 1.29 is 19.3 Å². The van der Waals surface area contributed by atoms with E-state index in [2.05, 4.69) is 19.7 Å². The van der Waals surface area contributed by atoms with Gasteiger partial charge in [-0.15, -0.1) is 13.2 Å². The molecule has 0 aliphatic carbocycles. The topological polar surface area (TPSA) is 44.8 Å². The Morgan fingerprint density at radius 3 is 2.33 bits per heavy atom. The predicted octanol–water partition coefficient (Wildman–Crippen LogP) is 2.55. The maximum atomic E-state index is 11.8. The Morgan fingerprint density at radius 1 is 1.29 bits per heavy atom. The molecule has 114 valence electrons. The molecule has 0 bridgehead atoms. The molecule has 0 saturated heterocycles. The summed E-state index contributed by atoms with van der Waals surface area (Å²) in [5.41, 5.74) is 4.33. The number of hydrogen-bond acceptors (Lipinski definition) is 4. The van der Waals surface area contributed by atoms with E-state index >= 15 is 0 Å². The van der Waals surface area contributed by atoms with E-state index in [1.807, 2.05) is 23.5 Å². The summed E-state index contributed by atoms with van der Waals surface area (Å²) < 4.78 is 4.89. The van der Waals surface area contributed by atoms with Gasteiger partial charge in [-0.2, -0.15) is 4.89 Å². The minimum Gasteiger partial charge on any atom is -0.382 e. The van der Waals surface area contributed by atoms with Crippen LogP contribution in [0.5, 0.6) is 0 Å². The molecule has 0 N–H and O–H groups in total. The average Bonchev–Trinajstić information content (AvgIpc) is 2.52. The molecule has 1 unspecified atom stereocenters. The van der Waals surface area contributed by atoms with E-state index in [0.29, 0.717) is 12.2 Å². The number of rotatable bonds is 8. The van der Waals surface area contributed by atoms with Crippen LogP contribution in [0.1, 0.15) is 17.3 Å². The molecule has 0 saturated carbocycles. The molecule has 5 heteroatoms. The Labute approximate surface area is 127 Å². The zero-order valence-electron chi connectivity index (χ0n) is 12.8. The fourth-order valence-corrected chi connectivity index (χ4v) is 3.24. The summed E-state index contributed by atoms with van der Waals surface area (Å²) in [6.07, 6.45) is -0.310. The summed E-state index contributed by atoms with van der Waals surface area (Å²) in [7, 11) is -0.294. The van der Waals surface area contributed by atoms with Crippen molar-refractivity contribution in [2.75, 3.05) is 13.7 Å². The Hall–Kier alpha value is -1.69. The third-order valence-corrected chi connectivity index (χ3v) is 6.55. The second-order valence-corrected chi connectivity index (χ2v) is 8.96. The van der Waals surface area contributed by atoms with E-state index in [-0.39, 0.29) is 6.10 Å². The van der Waals surface area contributed by atoms with Gasteiger partial charge in [-0.1, -0.05) is 35.3 Å². The summed E-state index contributed by atoms with van der Waals surface area (Å²) in [5, 5.41) is 1.14. The molecule has 1 aromatic carbocycles. The number of ether oxygens (including phenoxy) is 1. The van der Waals surface area contributed by atoms with E-state index in [1.54, 1.807) is 26.2 Å². The molecule has 0 amide bonds. The molecular weight excluding hydrogens is 284 g/mol. The summed E-state index contributed by atoms with van der Waals surface area (Å²) in [4.78, 5) is 21.5. The van der Waals surface area contributed by atoms with Crippen LogP contribution in [0.25, 0.3) is 0 Å². The molecule has 0 radical (unpaired) electrons. The summed E-state index contributed by atoms with van der Waals surface area (Å²) in [6.45, 7) is 12.0. The zero-order valence-corrected chi connectivity index (χ0v) is 13.8. The minimum atomic E-state index is -1.85. The minimum absolute atomic E-state index is 0.310. The molecule has 1 atom stereocenters. The van der Waals surface area contributed by atoms with E-state index < -0.39 is 14.0 Å². The lowest BCUT2D eigenvalue weighted by molar-refractivity contribution is -0.276. The highest BCUT2D eigenvalue weighted by atomic mass is 28.3. The van der Waals surface area contributed by atoms with E-state index in [0.717, 1.165) is 5.19 Å². The van der Waals surface area contributed by atoms with Crippen molar-refractivity contribution in [2.24, 2.45) is 0 Å². The van der Waals surface area contributed by atoms with E-state index in [4.69, 9.17) is 14.5 Å². The first-order valence-electron chi connectivity index (χ1n) is 6.71. The molecule has 1 rings (SSSR count). The van der Waals surface area contributed by atoms with Gasteiger partial charge in [-0.25, -0.2) is 4.79 Å². The first kappa shape index (κ1) is 17.4. The Morgan fingerprint density at radius 2 is 1.86 bits per heavy atom. The lowest BCUT2D eigenvalue weighted by Crippen LogP contribution is -2.40. The van der Waals surface area contributed by atoms with Crippen molar-refractivity contribution in [3.63, 3.8) is 0 Å². The largest absolute Gasteiger partial charge is 0.382 e. The van der Waals surface area contributed by atoms with Crippen molar-refractivity contribution in [1.29, 1.82) is 0 Å². The lowest BCUT2D eigenvalue weighted by atomic mass is 10.2. The van der Waals surface area contributed by atoms with Crippen LogP contribution in [0.15, 0.2) is 48.8 Å². The van der Waals surface area contributed by atoms with Crippen LogP contribution in [-0.4, -0.2) is 33.9 Å². The molecule has 0 aliphatic heterocycles. The molecule has 0 heterocycles. The van der Waals surface area contributed by atoms with Crippen LogP contribution in [0, 0.1) is 0 Å². The smallest absolute Gasteiger partial charge is 0.373 e. The highest BCUT2D eigenvalue weighted by Crippen LogP contribution is 2.09. The van der Waals surface area contributed by atoms with Gasteiger partial charge >= 0.3 is 5.97 Å². The zero-order chi connectivity index (χ0) is 15.9. The quantitative estimate of drug-likeness (QED) is 0.421. The molecule has 4 nitrogen and oxygen atoms in total. The number of methoxy groups -OCH3 is 1. The average molecular weight is 306 g/mol. The molecule has 21 heavy (non-hydrogen) atoms. The van der Waals surface area contributed by atoms with Gasteiger partial charge in [-0.05, 0) is 19.1 Å². The maximum absolute atomic E-state index is 11.8. The number of carbonyl (C=O) groups is 1. The first-order valence-corrected chi connectivity index (χ1v) is 9.36. The lowest BCUT2D eigenvalue weighted by Gasteiger charge is -2.19. The van der Waals surface area contributed by atoms with Crippen LogP contribution in [0.2, 0.25) is 6.55 Å². The second kappa shape index (κ2) is 7.92. The Balaban J connectivity index is 2.72. The van der Waals surface area contributed by atoms with Gasteiger partial charge in [0.15, 0.2) is 0 Å². The Kier molecular flexibility index (Phi) is 6.55. The third-order valence-electron chi connectivity index (χ3n) is 3.28. The van der Waals surface area contributed by atoms with Crippen molar-refractivity contribution in [3.05, 3.63) is 54.4 Å². The van der Waals surface area contributed by atoms with Gasteiger partial charge in [0.25, 0.3) is 0 Å². The van der Waals surface area contributed by atoms with E-state index in [1.165, 1.54) is 0 Å². The van der Waals surface area contributed by atoms with Crippen molar-refractivity contribution in [3.8, 4) is 0 Å². The monoisotopic (exact) mass is 306 g/mol. The highest BCUT2D eigenvalue weighted by molar-refractivity contribution is 6.98. The molecule has 0 fully saturated rings. The van der Waals surface area contributed by atoms with Crippen LogP contribution in [0.4, 0.5) is 0 Å². The number of benzene rings is 1. The molecule has 0 aliphatic rings. The van der Waals surface area contributed by atoms with Gasteiger partial charge in [0.2, 0.25) is 0 Å². The van der Waals surface area contributed by atoms with Gasteiger partial charge < -0.3 is 4.74 Å². The third kappa shape index (κ3) is 4.66. The van der Waals surface area contributed by atoms with Gasteiger partial charge in [0, 0.05) is 7.11 Å². The molecule has 1 aromatic rings. The standard InChI is InChI=1S/C16H22O4Si/c1-6-21(5,7-2)15-10-8-14(9-11-15)16(17)20-19-13(3)12-18-4/h6-11,13H,1-2,12H2,3-5H3. The maximum Gasteiger partial charge on any atom is 0.373 e. The van der Waals surface area contributed by atoms with E-state index in [9.17, 15) is 4.79 Å². The van der Waals surface area contributed by atoms with Crippen LogP contribution >= 0.6 is 0 Å². The summed E-state index contributed by atoms with van der Waals surface area (Å²) >= 11 is 0. The van der Waals surface area contributed by atoms with Crippen LogP contribution in [-0.2, 0) is 14.5 Å². The van der Waals surface area contributed by atoms with Crippen molar-refractivity contribution >= 4 is 19.2 Å². The van der Waals surface area contributed by atoms with Crippen LogP contribution in [0.3, 0.4) is 0 Å². The van der Waals surface area contributed by atoms with Gasteiger partial charge in [0.1, 0.15) is 14.2 Å². The fraction of sp³-hybridized carbons (Fsp3) is 0.312. The summed E-state index contributed by atoms with van der Waals surface area (Å²) in [5.74, 6) is -0.523. The van der Waals surface area contributed by atoms with Gasteiger partial charge in [0.05, 0.1) is 12.2 Å². The van der Waals surface area contributed by atoms with Crippen molar-refractivity contribution in [2.45, 2.75) is 19.6 Å². The number of carbonyl (C=O) groups excluding carboxylic acids is 1. The SMILES string of the molecule is C=C[Si](C)(C=C)c1ccc(C(=O)OOC(C)COC)cc1. The molecular formula is C16H22O4Si. The summed E-state index contributed by atoms with van der Waals surface area (Å²) in [6, 6.07) is 7.26. The fourth-order valence-electron chi connectivity index (χ4n) is 1.72. The van der Waals surface area contributed by atoms with Gasteiger partial charge in [-0.3, -0.25) is 4.89 Å².